The van der Waals surface area contributed by atoms with E-state index < -0.39 is 5.60 Å². The van der Waals surface area contributed by atoms with Crippen LogP contribution >= 0.6 is 0 Å². The number of benzene rings is 1. The molecule has 72 valence electrons. The van der Waals surface area contributed by atoms with Crippen molar-refractivity contribution in [2.24, 2.45) is 0 Å². The number of aromatic hydroxyl groups is 1. The minimum atomic E-state index is -1.36. The first-order valence-electron chi connectivity index (χ1n) is 3.97. The third-order valence-electron chi connectivity index (χ3n) is 1.69. The van der Waals surface area contributed by atoms with Gasteiger partial charge in [0.05, 0.1) is 0 Å². The molecule has 0 saturated carbocycles. The van der Waals surface area contributed by atoms with Gasteiger partial charge >= 0.3 is 29.6 Å². The Bertz CT molecular complexity index is 316. The van der Waals surface area contributed by atoms with Crippen LogP contribution in [0.4, 0.5) is 0 Å². The molecule has 0 amide bonds. The van der Waals surface area contributed by atoms with Gasteiger partial charge in [-0.3, -0.25) is 4.79 Å². The van der Waals surface area contributed by atoms with Crippen LogP contribution in [0.5, 0.6) is 5.75 Å². The second-order valence-electron chi connectivity index (χ2n) is 3.44. The van der Waals surface area contributed by atoms with Gasteiger partial charge in [-0.05, 0) is 38.1 Å². The van der Waals surface area contributed by atoms with Gasteiger partial charge in [0.1, 0.15) is 11.4 Å². The maximum Gasteiger partial charge on any atom is 1.00 e. The predicted octanol–water partition coefficient (Wildman–Crippen LogP) is -1.54. The van der Waals surface area contributed by atoms with E-state index in [0.29, 0.717) is 5.56 Å². The van der Waals surface area contributed by atoms with Crippen molar-refractivity contribution in [3.05, 3.63) is 29.8 Å². The quantitative estimate of drug-likeness (QED) is 0.453. The molecule has 0 aliphatic rings. The number of phenolic OH excluding ortho intramolecular Hbond substituents is 1. The molecule has 14 heavy (non-hydrogen) atoms. The standard InChI is InChI=1S/C10H12O3.Na.H/c1-10(2,13)9(12)7-3-5-8(11)6-4-7;;/h3-6,11,13H,1-2H3;;/q;+1;-1. The van der Waals surface area contributed by atoms with Gasteiger partial charge in [0.15, 0.2) is 5.78 Å². The number of aliphatic hydroxyl groups is 1. The normalized spacial score (nSPS) is 10.5. The summed E-state index contributed by atoms with van der Waals surface area (Å²) in [4.78, 5) is 11.4. The van der Waals surface area contributed by atoms with E-state index in [2.05, 4.69) is 0 Å². The van der Waals surface area contributed by atoms with E-state index in [1.165, 1.54) is 38.1 Å². The Morgan fingerprint density at radius 3 is 2.07 bits per heavy atom. The second kappa shape index (κ2) is 4.94. The van der Waals surface area contributed by atoms with Crippen molar-refractivity contribution in [3.63, 3.8) is 0 Å². The molecule has 0 unspecified atom stereocenters. The van der Waals surface area contributed by atoms with Crippen molar-refractivity contribution in [1.29, 1.82) is 0 Å². The fourth-order valence-corrected chi connectivity index (χ4v) is 0.966. The number of hydrogen-bond acceptors (Lipinski definition) is 3. The van der Waals surface area contributed by atoms with Gasteiger partial charge in [0.25, 0.3) is 0 Å². The number of rotatable bonds is 2. The van der Waals surface area contributed by atoms with Crippen LogP contribution in [0, 0.1) is 0 Å². The summed E-state index contributed by atoms with van der Waals surface area (Å²) in [6, 6.07) is 5.79. The van der Waals surface area contributed by atoms with Crippen LogP contribution in [0.2, 0.25) is 0 Å². The molecule has 2 N–H and O–H groups in total. The van der Waals surface area contributed by atoms with Crippen molar-refractivity contribution in [1.82, 2.24) is 0 Å². The van der Waals surface area contributed by atoms with E-state index in [4.69, 9.17) is 5.11 Å². The molecule has 1 aromatic carbocycles. The molecule has 0 radical (unpaired) electrons. The number of Topliss-reactive ketones (excluding diaryl/α,β-unsaturated/α-hetero) is 1. The first kappa shape index (κ1) is 13.7. The Morgan fingerprint density at radius 1 is 1.29 bits per heavy atom. The third-order valence-corrected chi connectivity index (χ3v) is 1.69. The first-order valence-corrected chi connectivity index (χ1v) is 3.97. The Kier molecular flexibility index (Phi) is 4.81. The first-order chi connectivity index (χ1) is 5.91. The van der Waals surface area contributed by atoms with Gasteiger partial charge < -0.3 is 11.6 Å². The average molecular weight is 204 g/mol. The molecule has 0 atom stereocenters. The minimum Gasteiger partial charge on any atom is -1.00 e. The third kappa shape index (κ3) is 3.42. The van der Waals surface area contributed by atoms with Gasteiger partial charge in [-0.1, -0.05) is 0 Å². The largest absolute Gasteiger partial charge is 1.00 e. The molecule has 4 heteroatoms. The summed E-state index contributed by atoms with van der Waals surface area (Å²) in [5.41, 5.74) is -0.970. The van der Waals surface area contributed by atoms with Crippen LogP contribution in [-0.4, -0.2) is 21.6 Å². The van der Waals surface area contributed by atoms with Crippen LogP contribution in [-0.2, 0) is 0 Å². The Hall–Kier alpha value is -0.350. The zero-order valence-corrected chi connectivity index (χ0v) is 10.6. The van der Waals surface area contributed by atoms with Crippen LogP contribution in [0.25, 0.3) is 0 Å². The van der Waals surface area contributed by atoms with Gasteiger partial charge in [-0.2, -0.15) is 0 Å². The summed E-state index contributed by atoms with van der Waals surface area (Å²) in [6.07, 6.45) is 0. The molecule has 1 aromatic rings. The summed E-state index contributed by atoms with van der Waals surface area (Å²) in [6.45, 7) is 2.87. The number of carbonyl (C=O) groups excluding carboxylic acids is 1. The Labute approximate surface area is 107 Å². The van der Waals surface area contributed by atoms with E-state index in [-0.39, 0.29) is 42.5 Å². The molecule has 0 bridgehead atoms. The van der Waals surface area contributed by atoms with Gasteiger partial charge in [-0.15, -0.1) is 0 Å². The average Bonchev–Trinajstić information content (AvgIpc) is 2.03. The molecule has 0 fully saturated rings. The molecule has 0 spiro atoms. The Balaban J connectivity index is 0. The Morgan fingerprint density at radius 2 is 1.71 bits per heavy atom. The van der Waals surface area contributed by atoms with Crippen LogP contribution in [0.3, 0.4) is 0 Å². The van der Waals surface area contributed by atoms with E-state index in [1.54, 1.807) is 0 Å². The van der Waals surface area contributed by atoms with Crippen molar-refractivity contribution < 1.29 is 46.0 Å². The van der Waals surface area contributed by atoms with Crippen molar-refractivity contribution >= 4 is 5.78 Å². The summed E-state index contributed by atoms with van der Waals surface area (Å²) in [5.74, 6) is -0.250. The van der Waals surface area contributed by atoms with Crippen molar-refractivity contribution in [2.45, 2.75) is 19.4 Å². The van der Waals surface area contributed by atoms with E-state index in [1.807, 2.05) is 0 Å². The number of hydrogen-bond donors (Lipinski definition) is 2. The maximum atomic E-state index is 11.4. The summed E-state index contributed by atoms with van der Waals surface area (Å²) >= 11 is 0. The van der Waals surface area contributed by atoms with E-state index in [0.717, 1.165) is 0 Å². The SMILES string of the molecule is CC(C)(O)C(=O)c1ccc(O)cc1.[H-].[Na+]. The van der Waals surface area contributed by atoms with Crippen molar-refractivity contribution in [3.8, 4) is 5.75 Å². The monoisotopic (exact) mass is 204 g/mol. The second-order valence-corrected chi connectivity index (χ2v) is 3.44. The molecule has 1 rings (SSSR count). The van der Waals surface area contributed by atoms with Crippen LogP contribution < -0.4 is 29.6 Å². The summed E-state index contributed by atoms with van der Waals surface area (Å²) in [7, 11) is 0. The topological polar surface area (TPSA) is 57.5 Å². The zero-order valence-electron chi connectivity index (χ0n) is 9.61. The van der Waals surface area contributed by atoms with Crippen LogP contribution in [0.15, 0.2) is 24.3 Å². The number of ketones is 1. The van der Waals surface area contributed by atoms with Gasteiger partial charge in [-0.25, -0.2) is 0 Å². The molecule has 0 saturated heterocycles. The summed E-state index contributed by atoms with van der Waals surface area (Å²) < 4.78 is 0. The molecule has 0 heterocycles. The smallest absolute Gasteiger partial charge is 1.00 e. The van der Waals surface area contributed by atoms with Gasteiger partial charge in [0, 0.05) is 5.56 Å². The summed E-state index contributed by atoms with van der Waals surface area (Å²) in [5, 5.41) is 18.4. The van der Waals surface area contributed by atoms with Gasteiger partial charge in [0.2, 0.25) is 0 Å². The minimum absolute atomic E-state index is 0. The molecule has 0 aliphatic carbocycles. The van der Waals surface area contributed by atoms with Crippen molar-refractivity contribution in [2.75, 3.05) is 0 Å². The maximum absolute atomic E-state index is 11.4. The molecular weight excluding hydrogens is 191 g/mol. The zero-order chi connectivity index (χ0) is 10.1. The number of carbonyl (C=O) groups is 1. The molecular formula is C10H13NaO3. The molecule has 0 aromatic heterocycles. The van der Waals surface area contributed by atoms with E-state index in [9.17, 15) is 9.90 Å². The molecule has 0 aliphatic heterocycles. The van der Waals surface area contributed by atoms with Crippen LogP contribution in [0.1, 0.15) is 25.6 Å². The molecule has 3 nitrogen and oxygen atoms in total. The number of phenols is 1. The fraction of sp³-hybridized carbons (Fsp3) is 0.300. The fourth-order valence-electron chi connectivity index (χ4n) is 0.966. The predicted molar refractivity (Wildman–Crippen MR) is 49.8 cm³/mol. The van der Waals surface area contributed by atoms with E-state index >= 15 is 0 Å².